The van der Waals surface area contributed by atoms with Crippen molar-refractivity contribution in [2.75, 3.05) is 18.9 Å². The lowest BCUT2D eigenvalue weighted by Crippen LogP contribution is -2.51. The molecular formula is C22H26ClF4N7O2. The molecule has 1 saturated heterocycles. The van der Waals surface area contributed by atoms with Gasteiger partial charge in [0, 0.05) is 19.0 Å². The lowest BCUT2D eigenvalue weighted by Gasteiger charge is -2.24. The monoisotopic (exact) mass is 531 g/mol. The molecule has 14 heteroatoms. The van der Waals surface area contributed by atoms with Crippen LogP contribution in [-0.2, 0) is 4.79 Å². The lowest BCUT2D eigenvalue weighted by molar-refractivity contribution is -0.164. The van der Waals surface area contributed by atoms with Crippen LogP contribution in [0, 0.1) is 11.7 Å². The predicted molar refractivity (Wildman–Crippen MR) is 128 cm³/mol. The Balaban J connectivity index is 1.83. The van der Waals surface area contributed by atoms with Gasteiger partial charge in [-0.25, -0.2) is 15.2 Å². The average molecular weight is 532 g/mol. The number of benzene rings is 2. The maximum Gasteiger partial charge on any atom is 0.404 e. The molecule has 196 valence electrons. The number of alkyl halides is 3. The Bertz CT molecular complexity index is 1100. The molecule has 2 aromatic rings. The van der Waals surface area contributed by atoms with Crippen LogP contribution in [0.4, 0.5) is 23.2 Å². The molecule has 1 amide bonds. The van der Waals surface area contributed by atoms with Crippen molar-refractivity contribution in [3.63, 3.8) is 0 Å². The number of aliphatic imine (C=N–C) groups is 1. The minimum absolute atomic E-state index is 0.166. The summed E-state index contributed by atoms with van der Waals surface area (Å²) in [5, 5.41) is 18.0. The number of anilines is 1. The summed E-state index contributed by atoms with van der Waals surface area (Å²) in [6.07, 6.45) is -5.06. The Morgan fingerprint density at radius 1 is 1.28 bits per heavy atom. The van der Waals surface area contributed by atoms with Gasteiger partial charge in [-0.15, -0.1) is 0 Å². The minimum Gasteiger partial charge on any atom is -0.505 e. The van der Waals surface area contributed by atoms with Gasteiger partial charge in [0.05, 0.1) is 22.8 Å². The molecule has 4 atom stereocenters. The summed E-state index contributed by atoms with van der Waals surface area (Å²) < 4.78 is 53.5. The number of halogens is 5. The number of aromatic hydroxyl groups is 1. The van der Waals surface area contributed by atoms with Crippen molar-refractivity contribution in [3.05, 3.63) is 58.9 Å². The van der Waals surface area contributed by atoms with E-state index in [9.17, 15) is 27.5 Å². The van der Waals surface area contributed by atoms with E-state index in [1.54, 1.807) is 30.3 Å². The molecule has 0 aliphatic carbocycles. The predicted octanol–water partition coefficient (Wildman–Crippen LogP) is 2.36. The molecule has 3 rings (SSSR count). The molecule has 8 N–H and O–H groups in total. The molecule has 4 unspecified atom stereocenters. The van der Waals surface area contributed by atoms with Crippen LogP contribution in [0.3, 0.4) is 0 Å². The van der Waals surface area contributed by atoms with Crippen molar-refractivity contribution >= 4 is 29.2 Å². The molecule has 0 saturated carbocycles. The molecule has 1 heterocycles. The number of para-hydroxylation sites is 1. The van der Waals surface area contributed by atoms with Crippen molar-refractivity contribution in [3.8, 4) is 5.75 Å². The van der Waals surface area contributed by atoms with Gasteiger partial charge in [-0.2, -0.15) is 18.2 Å². The Kier molecular flexibility index (Phi) is 9.08. The molecule has 0 bridgehead atoms. The number of phenolic OH excluding ortho intramolecular Hbond substituents is 1. The Morgan fingerprint density at radius 3 is 2.64 bits per heavy atom. The van der Waals surface area contributed by atoms with Crippen LogP contribution < -0.4 is 32.5 Å². The van der Waals surface area contributed by atoms with Gasteiger partial charge in [-0.05, 0) is 36.9 Å². The van der Waals surface area contributed by atoms with Crippen molar-refractivity contribution in [1.82, 2.24) is 21.5 Å². The molecule has 9 nitrogen and oxygen atoms in total. The summed E-state index contributed by atoms with van der Waals surface area (Å²) in [4.78, 5) is 16.7. The van der Waals surface area contributed by atoms with Crippen LogP contribution >= 0.6 is 11.6 Å². The SMILES string of the molecule is CNCC(C(=O)/N=C(/Nc1ccccc1Cl)NC1CC(c2ccc(O)c(F)c2)NN1)C(N)C(F)(F)F. The van der Waals surface area contributed by atoms with Crippen LogP contribution in [0.1, 0.15) is 18.0 Å². The van der Waals surface area contributed by atoms with E-state index in [2.05, 4.69) is 31.8 Å². The second kappa shape index (κ2) is 11.8. The minimum atomic E-state index is -4.81. The fraction of sp³-hybridized carbons (Fsp3) is 0.364. The van der Waals surface area contributed by atoms with Crippen molar-refractivity contribution < 1.29 is 27.5 Å². The number of nitrogens with two attached hydrogens (primary N) is 1. The first-order valence-electron chi connectivity index (χ1n) is 10.9. The summed E-state index contributed by atoms with van der Waals surface area (Å²) in [5.74, 6) is -4.21. The topological polar surface area (TPSA) is 136 Å². The molecular weight excluding hydrogens is 506 g/mol. The first-order chi connectivity index (χ1) is 17.0. The number of carbonyl (C=O) groups is 1. The second-order valence-corrected chi connectivity index (χ2v) is 8.53. The Morgan fingerprint density at radius 2 is 2.00 bits per heavy atom. The number of carbonyl (C=O) groups excluding carboxylic acids is 1. The molecule has 1 aliphatic rings. The van der Waals surface area contributed by atoms with Gasteiger partial charge in [0.1, 0.15) is 6.04 Å². The number of phenols is 1. The Labute approximate surface area is 209 Å². The molecule has 0 radical (unpaired) electrons. The number of nitrogens with zero attached hydrogens (tertiary/aromatic N) is 1. The highest BCUT2D eigenvalue weighted by Crippen LogP contribution is 2.27. The molecule has 2 aromatic carbocycles. The zero-order valence-electron chi connectivity index (χ0n) is 19.0. The largest absolute Gasteiger partial charge is 0.505 e. The Hall–Kier alpha value is -2.97. The maximum atomic E-state index is 13.8. The third-order valence-corrected chi connectivity index (χ3v) is 5.82. The summed E-state index contributed by atoms with van der Waals surface area (Å²) in [6, 6.07) is 7.66. The maximum absolute atomic E-state index is 13.8. The number of nitrogens with one attached hydrogen (secondary N) is 5. The number of rotatable bonds is 7. The summed E-state index contributed by atoms with van der Waals surface area (Å²) >= 11 is 6.18. The summed E-state index contributed by atoms with van der Waals surface area (Å²) in [6.45, 7) is -0.347. The number of hydrogen-bond acceptors (Lipinski definition) is 6. The fourth-order valence-electron chi connectivity index (χ4n) is 3.57. The van der Waals surface area contributed by atoms with Crippen molar-refractivity contribution in [2.24, 2.45) is 16.6 Å². The van der Waals surface area contributed by atoms with Gasteiger partial charge < -0.3 is 26.8 Å². The van der Waals surface area contributed by atoms with Gasteiger partial charge in [-0.1, -0.05) is 29.8 Å². The van der Waals surface area contributed by atoms with Gasteiger partial charge in [0.2, 0.25) is 5.96 Å². The summed E-state index contributed by atoms with van der Waals surface area (Å²) in [5.41, 5.74) is 12.1. The fourth-order valence-corrected chi connectivity index (χ4v) is 3.75. The summed E-state index contributed by atoms with van der Waals surface area (Å²) in [7, 11) is 1.40. The van der Waals surface area contributed by atoms with E-state index in [4.69, 9.17) is 17.3 Å². The first kappa shape index (κ1) is 27.6. The molecule has 0 spiro atoms. The highest BCUT2D eigenvalue weighted by molar-refractivity contribution is 6.33. The smallest absolute Gasteiger partial charge is 0.404 e. The van der Waals surface area contributed by atoms with Gasteiger partial charge in [0.15, 0.2) is 11.6 Å². The highest BCUT2D eigenvalue weighted by Gasteiger charge is 2.44. The second-order valence-electron chi connectivity index (χ2n) is 8.12. The number of amides is 1. The van der Waals surface area contributed by atoms with Crippen LogP contribution in [0.25, 0.3) is 0 Å². The molecule has 1 fully saturated rings. The highest BCUT2D eigenvalue weighted by atomic mass is 35.5. The third-order valence-electron chi connectivity index (χ3n) is 5.49. The number of hydrogen-bond donors (Lipinski definition) is 7. The average Bonchev–Trinajstić information content (AvgIpc) is 3.28. The first-order valence-corrected chi connectivity index (χ1v) is 11.2. The zero-order valence-corrected chi connectivity index (χ0v) is 19.8. The van der Waals surface area contributed by atoms with Gasteiger partial charge in [-0.3, -0.25) is 4.79 Å². The molecule has 36 heavy (non-hydrogen) atoms. The quantitative estimate of drug-likeness (QED) is 0.164. The zero-order chi connectivity index (χ0) is 26.5. The van der Waals surface area contributed by atoms with Gasteiger partial charge >= 0.3 is 6.18 Å². The van der Waals surface area contributed by atoms with Crippen molar-refractivity contribution in [1.29, 1.82) is 0 Å². The normalized spacial score (nSPS) is 20.1. The van der Waals surface area contributed by atoms with Crippen LogP contribution in [0.2, 0.25) is 5.02 Å². The van der Waals surface area contributed by atoms with E-state index >= 15 is 0 Å². The number of hydrazine groups is 1. The standard InChI is InChI=1S/C22H26ClF4N7O2/c1-29-10-12(19(28)22(25,26)27)20(36)32-21(30-15-5-3-2-4-13(15)23)31-18-9-16(33-34-18)11-6-7-17(35)14(24)8-11/h2-8,12,16,18-19,29,33-35H,9-10,28H2,1H3,(H2,30,31,32,36). The molecule has 1 aliphatic heterocycles. The molecule has 0 aromatic heterocycles. The van der Waals surface area contributed by atoms with Crippen LogP contribution in [0.5, 0.6) is 5.75 Å². The van der Waals surface area contributed by atoms with E-state index < -0.39 is 41.8 Å². The third kappa shape index (κ3) is 7.04. The van der Waals surface area contributed by atoms with Gasteiger partial charge in [0.25, 0.3) is 5.91 Å². The van der Waals surface area contributed by atoms with E-state index in [0.29, 0.717) is 17.7 Å². The van der Waals surface area contributed by atoms with E-state index in [0.717, 1.165) is 0 Å². The number of guanidine groups is 1. The lowest BCUT2D eigenvalue weighted by atomic mass is 9.99. The van der Waals surface area contributed by atoms with Crippen molar-refractivity contribution in [2.45, 2.75) is 30.8 Å². The van der Waals surface area contributed by atoms with Crippen LogP contribution in [-0.4, -0.2) is 48.9 Å². The van der Waals surface area contributed by atoms with E-state index in [-0.39, 0.29) is 23.6 Å². The van der Waals surface area contributed by atoms with E-state index in [1.165, 1.54) is 19.2 Å². The van der Waals surface area contributed by atoms with Crippen LogP contribution in [0.15, 0.2) is 47.5 Å². The van der Waals surface area contributed by atoms with E-state index in [1.807, 2.05) is 0 Å².